The number of fused-ring (bicyclic) bond motifs is 1. The van der Waals surface area contributed by atoms with E-state index in [1.54, 1.807) is 0 Å². The Morgan fingerprint density at radius 3 is 2.56 bits per heavy atom. The molecule has 3 nitrogen and oxygen atoms in total. The van der Waals surface area contributed by atoms with Gasteiger partial charge in [-0.1, -0.05) is 63.6 Å². The van der Waals surface area contributed by atoms with Gasteiger partial charge in [-0.3, -0.25) is 0 Å². The number of benzene rings is 2. The van der Waals surface area contributed by atoms with Crippen LogP contribution in [0.15, 0.2) is 42.5 Å². The summed E-state index contributed by atoms with van der Waals surface area (Å²) in [6.07, 6.45) is 2.84. The first kappa shape index (κ1) is 19.9. The van der Waals surface area contributed by atoms with Crippen molar-refractivity contribution in [3.63, 3.8) is 0 Å². The molecular formula is C24H32O3. The highest BCUT2D eigenvalue weighted by Crippen LogP contribution is 2.38. The first-order valence-electron chi connectivity index (χ1n) is 10.3. The van der Waals surface area contributed by atoms with E-state index < -0.39 is 6.10 Å². The van der Waals surface area contributed by atoms with Gasteiger partial charge in [-0.2, -0.15) is 0 Å². The van der Waals surface area contributed by atoms with Gasteiger partial charge >= 0.3 is 5.97 Å². The third-order valence-corrected chi connectivity index (χ3v) is 5.85. The van der Waals surface area contributed by atoms with Crippen molar-refractivity contribution in [3.8, 4) is 0 Å². The summed E-state index contributed by atoms with van der Waals surface area (Å²) in [6.45, 7) is 9.00. The number of carbonyl (C=O) groups is 1. The number of carbonyl (C=O) groups excluding carboxylic acids is 1. The van der Waals surface area contributed by atoms with Crippen LogP contribution in [0.25, 0.3) is 10.8 Å². The second kappa shape index (κ2) is 8.88. The third kappa shape index (κ3) is 4.70. The summed E-state index contributed by atoms with van der Waals surface area (Å²) in [6, 6.07) is 14.3. The standard InChI is InChI=1S/C24H32O3/c1-5-26-24(25)23(20-12-11-18-8-6-7-9-19(18)15-20)27-22-14-17(4)10-13-21(22)16(2)3/h6-9,11-12,15-17,21-23H,5,10,13-14H2,1-4H3/t17-,21+,22-,23-/m1/s1. The van der Waals surface area contributed by atoms with Crippen LogP contribution in [0.3, 0.4) is 0 Å². The quantitative estimate of drug-likeness (QED) is 0.594. The van der Waals surface area contributed by atoms with Gasteiger partial charge in [-0.25, -0.2) is 4.79 Å². The van der Waals surface area contributed by atoms with E-state index in [0.29, 0.717) is 24.4 Å². The van der Waals surface area contributed by atoms with E-state index in [1.807, 2.05) is 25.1 Å². The summed E-state index contributed by atoms with van der Waals surface area (Å²) in [5.41, 5.74) is 0.882. The minimum atomic E-state index is -0.661. The molecule has 0 bridgehead atoms. The van der Waals surface area contributed by atoms with E-state index in [2.05, 4.69) is 45.0 Å². The molecule has 0 unspecified atom stereocenters. The Balaban J connectivity index is 1.91. The highest BCUT2D eigenvalue weighted by molar-refractivity contribution is 5.85. The third-order valence-electron chi connectivity index (χ3n) is 5.85. The molecule has 0 saturated heterocycles. The maximum Gasteiger partial charge on any atom is 0.339 e. The Hall–Kier alpha value is -1.87. The van der Waals surface area contributed by atoms with Gasteiger partial charge in [0.2, 0.25) is 0 Å². The number of hydrogen-bond donors (Lipinski definition) is 0. The van der Waals surface area contributed by atoms with Crippen molar-refractivity contribution in [2.75, 3.05) is 6.61 Å². The van der Waals surface area contributed by atoms with Crippen LogP contribution >= 0.6 is 0 Å². The highest BCUT2D eigenvalue weighted by atomic mass is 16.6. The van der Waals surface area contributed by atoms with Crippen molar-refractivity contribution < 1.29 is 14.3 Å². The molecule has 2 aromatic rings. The van der Waals surface area contributed by atoms with Crippen molar-refractivity contribution in [2.24, 2.45) is 17.8 Å². The maximum absolute atomic E-state index is 12.8. The zero-order valence-electron chi connectivity index (χ0n) is 17.0. The average Bonchev–Trinajstić information content (AvgIpc) is 2.65. The number of rotatable bonds is 6. The minimum absolute atomic E-state index is 0.0922. The molecule has 0 amide bonds. The predicted octanol–water partition coefficient (Wildman–Crippen LogP) is 5.92. The summed E-state index contributed by atoms with van der Waals surface area (Å²) >= 11 is 0. The maximum atomic E-state index is 12.8. The largest absolute Gasteiger partial charge is 0.464 e. The molecule has 146 valence electrons. The zero-order valence-corrected chi connectivity index (χ0v) is 17.0. The van der Waals surface area contributed by atoms with Gasteiger partial charge < -0.3 is 9.47 Å². The topological polar surface area (TPSA) is 35.5 Å². The van der Waals surface area contributed by atoms with Crippen LogP contribution in [0.5, 0.6) is 0 Å². The van der Waals surface area contributed by atoms with Gasteiger partial charge in [-0.15, -0.1) is 0 Å². The molecule has 0 radical (unpaired) electrons. The molecular weight excluding hydrogens is 336 g/mol. The summed E-state index contributed by atoms with van der Waals surface area (Å²) < 4.78 is 11.9. The summed E-state index contributed by atoms with van der Waals surface area (Å²) in [5.74, 6) is 1.37. The summed E-state index contributed by atoms with van der Waals surface area (Å²) in [4.78, 5) is 12.8. The van der Waals surface area contributed by atoms with Gasteiger partial charge in [0.1, 0.15) is 0 Å². The van der Waals surface area contributed by atoms with E-state index >= 15 is 0 Å². The molecule has 0 heterocycles. The van der Waals surface area contributed by atoms with Gasteiger partial charge in [0.05, 0.1) is 12.7 Å². The molecule has 1 fully saturated rings. The van der Waals surface area contributed by atoms with Crippen LogP contribution in [-0.4, -0.2) is 18.7 Å². The zero-order chi connectivity index (χ0) is 19.4. The molecule has 3 rings (SSSR count). The van der Waals surface area contributed by atoms with E-state index in [-0.39, 0.29) is 12.1 Å². The molecule has 4 atom stereocenters. The Morgan fingerprint density at radius 2 is 1.85 bits per heavy atom. The monoisotopic (exact) mass is 368 g/mol. The van der Waals surface area contributed by atoms with E-state index in [1.165, 1.54) is 6.42 Å². The number of esters is 1. The lowest BCUT2D eigenvalue weighted by Crippen LogP contribution is -2.37. The molecule has 0 N–H and O–H groups in total. The average molecular weight is 369 g/mol. The van der Waals surface area contributed by atoms with Crippen LogP contribution in [-0.2, 0) is 14.3 Å². The van der Waals surface area contributed by atoms with Crippen molar-refractivity contribution >= 4 is 16.7 Å². The first-order chi connectivity index (χ1) is 13.0. The molecule has 27 heavy (non-hydrogen) atoms. The van der Waals surface area contributed by atoms with Gasteiger partial charge in [0.15, 0.2) is 6.10 Å². The van der Waals surface area contributed by atoms with E-state index in [0.717, 1.165) is 29.2 Å². The van der Waals surface area contributed by atoms with Crippen molar-refractivity contribution in [1.29, 1.82) is 0 Å². The van der Waals surface area contributed by atoms with Crippen molar-refractivity contribution in [3.05, 3.63) is 48.0 Å². The normalized spacial score (nSPS) is 24.1. The number of ether oxygens (including phenoxy) is 2. The summed E-state index contributed by atoms with van der Waals surface area (Å²) in [7, 11) is 0. The van der Waals surface area contributed by atoms with Crippen LogP contribution in [0, 0.1) is 17.8 Å². The van der Waals surface area contributed by atoms with Gasteiger partial charge in [0.25, 0.3) is 0 Å². The van der Waals surface area contributed by atoms with Crippen LogP contribution in [0.1, 0.15) is 58.6 Å². The predicted molar refractivity (Wildman–Crippen MR) is 110 cm³/mol. The fourth-order valence-corrected chi connectivity index (χ4v) is 4.31. The SMILES string of the molecule is CCOC(=O)[C@H](O[C@@H]1C[C@H](C)CC[C@H]1C(C)C)c1ccc2ccccc2c1. The Labute approximate surface area is 163 Å². The van der Waals surface area contributed by atoms with Crippen molar-refractivity contribution in [2.45, 2.75) is 59.2 Å². The molecule has 0 aliphatic heterocycles. The van der Waals surface area contributed by atoms with Crippen LogP contribution < -0.4 is 0 Å². The fourth-order valence-electron chi connectivity index (χ4n) is 4.31. The first-order valence-corrected chi connectivity index (χ1v) is 10.3. The Kier molecular flexibility index (Phi) is 6.54. The molecule has 3 heteroatoms. The minimum Gasteiger partial charge on any atom is -0.464 e. The lowest BCUT2D eigenvalue weighted by Gasteiger charge is -2.38. The van der Waals surface area contributed by atoms with Gasteiger partial charge in [0, 0.05) is 0 Å². The Morgan fingerprint density at radius 1 is 1.11 bits per heavy atom. The van der Waals surface area contributed by atoms with Gasteiger partial charge in [-0.05, 0) is 59.9 Å². The molecule has 2 aromatic carbocycles. The lowest BCUT2D eigenvalue weighted by atomic mass is 9.75. The highest BCUT2D eigenvalue weighted by Gasteiger charge is 2.36. The number of hydrogen-bond acceptors (Lipinski definition) is 3. The lowest BCUT2D eigenvalue weighted by molar-refractivity contribution is -0.167. The van der Waals surface area contributed by atoms with E-state index in [4.69, 9.17) is 9.47 Å². The summed E-state index contributed by atoms with van der Waals surface area (Å²) in [5, 5.41) is 2.28. The fraction of sp³-hybridized carbons (Fsp3) is 0.542. The molecule has 1 saturated carbocycles. The Bertz CT molecular complexity index is 767. The smallest absolute Gasteiger partial charge is 0.339 e. The molecule has 1 aliphatic carbocycles. The van der Waals surface area contributed by atoms with Crippen LogP contribution in [0.2, 0.25) is 0 Å². The van der Waals surface area contributed by atoms with Crippen molar-refractivity contribution in [1.82, 2.24) is 0 Å². The molecule has 0 aromatic heterocycles. The van der Waals surface area contributed by atoms with E-state index in [9.17, 15) is 4.79 Å². The van der Waals surface area contributed by atoms with Crippen LogP contribution in [0.4, 0.5) is 0 Å². The molecule has 0 spiro atoms. The second-order valence-corrected chi connectivity index (χ2v) is 8.24. The second-order valence-electron chi connectivity index (χ2n) is 8.24. The molecule has 1 aliphatic rings.